The fourth-order valence-corrected chi connectivity index (χ4v) is 7.07. The van der Waals surface area contributed by atoms with E-state index in [1.807, 2.05) is 65.5 Å². The monoisotopic (exact) mass is 567 g/mol. The summed E-state index contributed by atoms with van der Waals surface area (Å²) in [4.78, 5) is 0.224. The summed E-state index contributed by atoms with van der Waals surface area (Å²) in [5, 5.41) is 4.85. The van der Waals surface area contributed by atoms with Crippen LogP contribution in [0.25, 0.3) is 0 Å². The molecule has 0 saturated carbocycles. The third kappa shape index (κ3) is 4.74. The lowest BCUT2D eigenvalue weighted by Crippen LogP contribution is -2.38. The zero-order valence-corrected chi connectivity index (χ0v) is 24.2. The van der Waals surface area contributed by atoms with E-state index in [9.17, 15) is 8.42 Å². The average Bonchev–Trinajstić information content (AvgIpc) is 3.64. The quantitative estimate of drug-likeness (QED) is 0.165. The van der Waals surface area contributed by atoms with Gasteiger partial charge in [-0.25, -0.2) is 12.4 Å². The van der Waals surface area contributed by atoms with Crippen molar-refractivity contribution in [2.45, 2.75) is 24.3 Å². The van der Waals surface area contributed by atoms with E-state index < -0.39 is 15.6 Å². The van der Waals surface area contributed by atoms with Crippen molar-refractivity contribution in [1.29, 1.82) is 0 Å². The van der Waals surface area contributed by atoms with Gasteiger partial charge in [0.1, 0.15) is 5.54 Å². The van der Waals surface area contributed by atoms with E-state index in [0.29, 0.717) is 17.0 Å². The molecule has 0 N–H and O–H groups in total. The van der Waals surface area contributed by atoms with Crippen molar-refractivity contribution in [3.05, 3.63) is 179 Å². The van der Waals surface area contributed by atoms with Gasteiger partial charge in [-0.2, -0.15) is 5.10 Å². The third-order valence-electron chi connectivity index (χ3n) is 7.45. The summed E-state index contributed by atoms with van der Waals surface area (Å²) >= 11 is 0. The molecule has 2 aromatic heterocycles. The maximum absolute atomic E-state index is 13.2. The van der Waals surface area contributed by atoms with E-state index in [1.54, 1.807) is 56.4 Å². The summed E-state index contributed by atoms with van der Waals surface area (Å²) in [6.45, 7) is 3.57. The molecule has 0 unspecified atom stereocenters. The van der Waals surface area contributed by atoms with Crippen LogP contribution >= 0.6 is 0 Å². The summed E-state index contributed by atoms with van der Waals surface area (Å²) < 4.78 is 29.7. The molecule has 6 heteroatoms. The first-order valence-electron chi connectivity index (χ1n) is 13.6. The van der Waals surface area contributed by atoms with Gasteiger partial charge in [-0.05, 0) is 66.9 Å². The molecule has 0 aliphatic heterocycles. The van der Waals surface area contributed by atoms with E-state index in [-0.39, 0.29) is 4.90 Å². The van der Waals surface area contributed by atoms with Crippen LogP contribution in [0.5, 0.6) is 0 Å². The van der Waals surface area contributed by atoms with Gasteiger partial charge in [-0.15, -0.1) is 0 Å². The minimum atomic E-state index is -3.68. The molecule has 0 radical (unpaired) electrons. The lowest BCUT2D eigenvalue weighted by Gasteiger charge is -2.36. The minimum absolute atomic E-state index is 0.224. The summed E-state index contributed by atoms with van der Waals surface area (Å²) in [7, 11) is -3.68. The Morgan fingerprint density at radius 3 is 1.52 bits per heavy atom. The number of aryl methyl sites for hydroxylation is 2. The molecule has 0 aliphatic carbocycles. The normalized spacial score (nSPS) is 11.6. The van der Waals surface area contributed by atoms with Crippen molar-refractivity contribution in [3.63, 3.8) is 0 Å². The van der Waals surface area contributed by atoms with E-state index >= 15 is 0 Å². The van der Waals surface area contributed by atoms with Gasteiger partial charge in [0.2, 0.25) is 0 Å². The molecule has 206 valence electrons. The molecular weight excluding hydrogens is 538 g/mol. The van der Waals surface area contributed by atoms with Crippen molar-refractivity contribution < 1.29 is 8.42 Å². The SMILES string of the molecule is Cc1ccc(C)n1S(=O)(=O)c1ccc(C#Cc2cnn(C(c3ccccc3)(c3ccccc3)c3ccccc3)c2)cc1. The topological polar surface area (TPSA) is 56.9 Å². The molecule has 42 heavy (non-hydrogen) atoms. The Labute approximate surface area is 246 Å². The first-order chi connectivity index (χ1) is 20.4. The molecule has 0 amide bonds. The van der Waals surface area contributed by atoms with Crippen LogP contribution in [-0.2, 0) is 15.6 Å². The van der Waals surface area contributed by atoms with E-state index in [0.717, 1.165) is 22.3 Å². The van der Waals surface area contributed by atoms with Crippen LogP contribution in [0.3, 0.4) is 0 Å². The lowest BCUT2D eigenvalue weighted by molar-refractivity contribution is 0.460. The van der Waals surface area contributed by atoms with Crippen LogP contribution in [0.4, 0.5) is 0 Å². The van der Waals surface area contributed by atoms with E-state index in [4.69, 9.17) is 5.10 Å². The molecule has 0 atom stereocenters. The molecule has 0 spiro atoms. The molecule has 6 aromatic rings. The Kier molecular flexibility index (Phi) is 7.12. The summed E-state index contributed by atoms with van der Waals surface area (Å²) in [6, 6.07) is 41.3. The Bertz CT molecular complexity index is 1880. The van der Waals surface area contributed by atoms with Crippen molar-refractivity contribution in [2.24, 2.45) is 0 Å². The highest BCUT2D eigenvalue weighted by atomic mass is 32.2. The predicted octanol–water partition coefficient (Wildman–Crippen LogP) is 6.78. The van der Waals surface area contributed by atoms with Gasteiger partial charge in [-0.3, -0.25) is 4.68 Å². The Hall–Kier alpha value is -5.12. The molecule has 0 saturated heterocycles. The van der Waals surface area contributed by atoms with Gasteiger partial charge >= 0.3 is 0 Å². The molecule has 0 bridgehead atoms. The zero-order chi connectivity index (χ0) is 29.2. The van der Waals surface area contributed by atoms with E-state index in [1.165, 1.54) is 3.97 Å². The Morgan fingerprint density at radius 2 is 1.05 bits per heavy atom. The van der Waals surface area contributed by atoms with Crippen molar-refractivity contribution in [2.75, 3.05) is 0 Å². The van der Waals surface area contributed by atoms with Crippen LogP contribution in [-0.4, -0.2) is 22.2 Å². The number of benzene rings is 4. The predicted molar refractivity (Wildman–Crippen MR) is 166 cm³/mol. The van der Waals surface area contributed by atoms with Crippen molar-refractivity contribution in [1.82, 2.24) is 13.8 Å². The highest BCUT2D eigenvalue weighted by molar-refractivity contribution is 7.90. The number of rotatable bonds is 6. The number of hydrogen-bond acceptors (Lipinski definition) is 3. The number of hydrogen-bond donors (Lipinski definition) is 0. The minimum Gasteiger partial charge on any atom is -0.252 e. The highest BCUT2D eigenvalue weighted by Gasteiger charge is 2.39. The van der Waals surface area contributed by atoms with Gasteiger partial charge in [0, 0.05) is 23.1 Å². The Morgan fingerprint density at radius 1 is 0.595 bits per heavy atom. The van der Waals surface area contributed by atoms with Crippen molar-refractivity contribution >= 4 is 10.0 Å². The molecule has 0 fully saturated rings. The second-order valence-corrected chi connectivity index (χ2v) is 11.9. The number of nitrogens with zero attached hydrogens (tertiary/aromatic N) is 3. The van der Waals surface area contributed by atoms with Crippen LogP contribution in [0, 0.1) is 25.7 Å². The fraction of sp³-hybridized carbons (Fsp3) is 0.0833. The lowest BCUT2D eigenvalue weighted by atomic mass is 9.77. The molecule has 6 rings (SSSR count). The average molecular weight is 568 g/mol. The van der Waals surface area contributed by atoms with Gasteiger partial charge in [-0.1, -0.05) is 103 Å². The largest absolute Gasteiger partial charge is 0.268 e. The molecule has 4 aromatic carbocycles. The maximum atomic E-state index is 13.2. The molecule has 2 heterocycles. The van der Waals surface area contributed by atoms with Crippen LogP contribution in [0.15, 0.2) is 145 Å². The smallest absolute Gasteiger partial charge is 0.252 e. The highest BCUT2D eigenvalue weighted by Crippen LogP contribution is 2.40. The second kappa shape index (κ2) is 11.0. The first kappa shape index (κ1) is 27.1. The number of aromatic nitrogens is 3. The Balaban J connectivity index is 1.39. The van der Waals surface area contributed by atoms with Crippen LogP contribution in [0.2, 0.25) is 0 Å². The summed E-state index contributed by atoms with van der Waals surface area (Å²) in [5.41, 5.74) is 5.33. The fourth-order valence-electron chi connectivity index (χ4n) is 5.50. The van der Waals surface area contributed by atoms with E-state index in [2.05, 4.69) is 48.2 Å². The molecular formula is C36H29N3O2S. The zero-order valence-electron chi connectivity index (χ0n) is 23.3. The molecule has 5 nitrogen and oxygen atoms in total. The first-order valence-corrected chi connectivity index (χ1v) is 15.1. The van der Waals surface area contributed by atoms with Gasteiger partial charge in [0.25, 0.3) is 10.0 Å². The van der Waals surface area contributed by atoms with Gasteiger partial charge in [0.05, 0.1) is 16.7 Å². The summed E-state index contributed by atoms with van der Waals surface area (Å²) in [6.07, 6.45) is 3.74. The third-order valence-corrected chi connectivity index (χ3v) is 9.38. The van der Waals surface area contributed by atoms with Gasteiger partial charge < -0.3 is 0 Å². The van der Waals surface area contributed by atoms with Gasteiger partial charge in [0.15, 0.2) is 0 Å². The van der Waals surface area contributed by atoms with Crippen LogP contribution < -0.4 is 0 Å². The summed E-state index contributed by atoms with van der Waals surface area (Å²) in [5.74, 6) is 6.40. The standard InChI is InChI=1S/C36H29N3O2S/c1-28-18-19-29(2)39(28)42(40,41)35-24-22-30(23-25-35)20-21-31-26-37-38(27-31)36(32-12-6-3-7-13-32,33-14-8-4-9-15-33)34-16-10-5-11-17-34/h3-19,22-27H,1-2H3. The van der Waals surface area contributed by atoms with Crippen LogP contribution in [0.1, 0.15) is 39.2 Å². The maximum Gasteiger partial charge on any atom is 0.268 e. The second-order valence-electron chi connectivity index (χ2n) is 10.1. The molecule has 0 aliphatic rings. The van der Waals surface area contributed by atoms with Crippen molar-refractivity contribution in [3.8, 4) is 11.8 Å².